The number of ether oxygens (including phenoxy) is 5. The molecule has 2 amide bonds. The van der Waals surface area contributed by atoms with Gasteiger partial charge < -0.3 is 33.9 Å². The molecule has 0 aliphatic carbocycles. The second kappa shape index (κ2) is 17.3. The van der Waals surface area contributed by atoms with E-state index in [1.165, 1.54) is 64.7 Å². The number of methoxy groups -OCH3 is 5. The Kier molecular flexibility index (Phi) is 13.6. The number of carbonyl (C=O) groups is 2. The summed E-state index contributed by atoms with van der Waals surface area (Å²) in [6.07, 6.45) is 1.95. The molecule has 12 nitrogen and oxygen atoms in total. The van der Waals surface area contributed by atoms with E-state index in [9.17, 15) is 18.0 Å². The van der Waals surface area contributed by atoms with Crippen molar-refractivity contribution in [3.05, 3.63) is 66.2 Å². The first-order valence-corrected chi connectivity index (χ1v) is 16.7. The zero-order chi connectivity index (χ0) is 34.6. The number of nitrogens with one attached hydrogen (secondary N) is 1. The van der Waals surface area contributed by atoms with E-state index in [0.717, 1.165) is 17.1 Å². The van der Waals surface area contributed by atoms with E-state index >= 15 is 0 Å². The van der Waals surface area contributed by atoms with E-state index in [0.29, 0.717) is 35.8 Å². The molecule has 0 unspecified atom stereocenters. The van der Waals surface area contributed by atoms with Gasteiger partial charge >= 0.3 is 0 Å². The smallest absolute Gasteiger partial charge is 0.265 e. The lowest BCUT2D eigenvalue weighted by Gasteiger charge is -2.33. The molecule has 3 aromatic rings. The maximum Gasteiger partial charge on any atom is 0.265 e. The average Bonchev–Trinajstić information content (AvgIpc) is 3.09. The highest BCUT2D eigenvalue weighted by atomic mass is 32.2. The van der Waals surface area contributed by atoms with Crippen LogP contribution in [0.15, 0.2) is 65.6 Å². The summed E-state index contributed by atoms with van der Waals surface area (Å²) in [5.41, 5.74) is 0.766. The van der Waals surface area contributed by atoms with Gasteiger partial charge in [0, 0.05) is 25.2 Å². The average molecular weight is 672 g/mol. The van der Waals surface area contributed by atoms with Crippen LogP contribution in [0.1, 0.15) is 38.7 Å². The predicted molar refractivity (Wildman–Crippen MR) is 179 cm³/mol. The monoisotopic (exact) mass is 671 g/mol. The number of benzene rings is 3. The van der Waals surface area contributed by atoms with Gasteiger partial charge in [-0.3, -0.25) is 13.9 Å². The van der Waals surface area contributed by atoms with Crippen LogP contribution in [-0.4, -0.2) is 79.8 Å². The van der Waals surface area contributed by atoms with Crippen LogP contribution in [0.2, 0.25) is 0 Å². The van der Waals surface area contributed by atoms with E-state index in [-0.39, 0.29) is 34.5 Å². The Balaban J connectivity index is 2.18. The van der Waals surface area contributed by atoms with Crippen LogP contribution >= 0.6 is 0 Å². The Morgan fingerprint density at radius 2 is 1.45 bits per heavy atom. The Morgan fingerprint density at radius 1 is 0.787 bits per heavy atom. The first-order valence-electron chi connectivity index (χ1n) is 15.2. The Morgan fingerprint density at radius 3 is 2.06 bits per heavy atom. The molecule has 47 heavy (non-hydrogen) atoms. The first kappa shape index (κ1) is 36.8. The molecule has 0 fully saturated rings. The van der Waals surface area contributed by atoms with Gasteiger partial charge in [0.25, 0.3) is 10.0 Å². The third kappa shape index (κ3) is 9.00. The molecule has 0 bridgehead atoms. The van der Waals surface area contributed by atoms with E-state index in [1.807, 2.05) is 13.0 Å². The van der Waals surface area contributed by atoms with Gasteiger partial charge in [0.05, 0.1) is 46.1 Å². The number of sulfonamides is 1. The summed E-state index contributed by atoms with van der Waals surface area (Å²) < 4.78 is 56.9. The number of anilines is 1. The lowest BCUT2D eigenvalue weighted by atomic mass is 10.1. The number of hydrogen-bond donors (Lipinski definition) is 1. The molecule has 1 atom stereocenters. The molecular formula is C34H45N3O9S. The molecule has 0 aliphatic heterocycles. The molecule has 0 aromatic heterocycles. The van der Waals surface area contributed by atoms with Crippen LogP contribution in [0.5, 0.6) is 28.7 Å². The van der Waals surface area contributed by atoms with E-state index in [1.54, 1.807) is 37.3 Å². The summed E-state index contributed by atoms with van der Waals surface area (Å²) in [6, 6.07) is 15.1. The van der Waals surface area contributed by atoms with Crippen molar-refractivity contribution < 1.29 is 41.7 Å². The normalized spacial score (nSPS) is 11.6. The zero-order valence-corrected chi connectivity index (χ0v) is 28.9. The lowest BCUT2D eigenvalue weighted by Crippen LogP contribution is -2.52. The van der Waals surface area contributed by atoms with Crippen LogP contribution in [0, 0.1) is 0 Å². The Hall–Kier alpha value is -4.65. The van der Waals surface area contributed by atoms with Crippen molar-refractivity contribution in [2.75, 3.05) is 52.9 Å². The fraction of sp³-hybridized carbons (Fsp3) is 0.412. The van der Waals surface area contributed by atoms with Crippen LogP contribution < -0.4 is 33.3 Å². The molecule has 0 heterocycles. The number of carbonyl (C=O) groups excluding carboxylic acids is 2. The van der Waals surface area contributed by atoms with Crippen LogP contribution in [0.3, 0.4) is 0 Å². The Bertz CT molecular complexity index is 1610. The molecule has 3 aromatic carbocycles. The molecule has 0 saturated heterocycles. The van der Waals surface area contributed by atoms with Crippen LogP contribution in [0.4, 0.5) is 5.69 Å². The standard InChI is InChI=1S/C34H45N3O9S/c1-8-10-18-35-34(39)28(9-2)36(22-24-12-11-13-25(19-24)42-3)33(38)23-37(29-20-26(43-4)14-16-30(29)44-5)47(40,41)27-15-17-31(45-6)32(21-27)46-7/h11-17,19-21,28H,8-10,18,22-23H2,1-7H3,(H,35,39)/t28-/m1/s1. The summed E-state index contributed by atoms with van der Waals surface area (Å²) in [6.45, 7) is 3.63. The van der Waals surface area contributed by atoms with Crippen molar-refractivity contribution in [2.45, 2.75) is 50.6 Å². The number of rotatable bonds is 18. The second-order valence-corrected chi connectivity index (χ2v) is 12.4. The summed E-state index contributed by atoms with van der Waals surface area (Å²) in [4.78, 5) is 29.2. The van der Waals surface area contributed by atoms with Gasteiger partial charge in [0.15, 0.2) is 11.5 Å². The quantitative estimate of drug-likeness (QED) is 0.192. The minimum absolute atomic E-state index is 0.0230. The minimum atomic E-state index is -4.46. The molecule has 13 heteroatoms. The zero-order valence-electron chi connectivity index (χ0n) is 28.1. The molecule has 0 spiro atoms. The third-order valence-corrected chi connectivity index (χ3v) is 9.33. The Labute approximate surface area is 277 Å². The second-order valence-electron chi connectivity index (χ2n) is 10.5. The molecule has 0 radical (unpaired) electrons. The third-order valence-electron chi connectivity index (χ3n) is 7.58. The first-order chi connectivity index (χ1) is 22.6. The van der Waals surface area contributed by atoms with Crippen molar-refractivity contribution in [1.82, 2.24) is 10.2 Å². The summed E-state index contributed by atoms with van der Waals surface area (Å²) in [5.74, 6) is 0.685. The van der Waals surface area contributed by atoms with E-state index in [2.05, 4.69) is 5.32 Å². The van der Waals surface area contributed by atoms with E-state index in [4.69, 9.17) is 23.7 Å². The fourth-order valence-corrected chi connectivity index (χ4v) is 6.43. The highest BCUT2D eigenvalue weighted by Crippen LogP contribution is 2.38. The predicted octanol–water partition coefficient (Wildman–Crippen LogP) is 4.65. The lowest BCUT2D eigenvalue weighted by molar-refractivity contribution is -0.140. The fourth-order valence-electron chi connectivity index (χ4n) is 5.00. The van der Waals surface area contributed by atoms with E-state index < -0.39 is 28.5 Å². The van der Waals surface area contributed by atoms with Gasteiger partial charge in [0.2, 0.25) is 11.8 Å². The summed E-state index contributed by atoms with van der Waals surface area (Å²) >= 11 is 0. The van der Waals surface area contributed by atoms with Crippen molar-refractivity contribution in [1.29, 1.82) is 0 Å². The maximum absolute atomic E-state index is 14.5. The van der Waals surface area contributed by atoms with Crippen LogP contribution in [0.25, 0.3) is 0 Å². The molecule has 0 aliphatic rings. The topological polar surface area (TPSA) is 133 Å². The van der Waals surface area contributed by atoms with Gasteiger partial charge in [-0.15, -0.1) is 0 Å². The number of hydrogen-bond acceptors (Lipinski definition) is 9. The molecule has 0 saturated carbocycles. The maximum atomic E-state index is 14.5. The van der Waals surface area contributed by atoms with Crippen molar-refractivity contribution in [3.63, 3.8) is 0 Å². The van der Waals surface area contributed by atoms with Crippen molar-refractivity contribution in [2.24, 2.45) is 0 Å². The van der Waals surface area contributed by atoms with Gasteiger partial charge in [-0.05, 0) is 54.8 Å². The molecule has 256 valence electrons. The highest BCUT2D eigenvalue weighted by molar-refractivity contribution is 7.92. The highest BCUT2D eigenvalue weighted by Gasteiger charge is 2.35. The number of nitrogens with zero attached hydrogens (tertiary/aromatic N) is 2. The molecule has 1 N–H and O–H groups in total. The van der Waals surface area contributed by atoms with Gasteiger partial charge in [-0.25, -0.2) is 8.42 Å². The largest absolute Gasteiger partial charge is 0.497 e. The van der Waals surface area contributed by atoms with Crippen LogP contribution in [-0.2, 0) is 26.2 Å². The van der Waals surface area contributed by atoms with Gasteiger partial charge in [0.1, 0.15) is 29.8 Å². The SMILES string of the molecule is CCCCNC(=O)[C@@H](CC)N(Cc1cccc(OC)c1)C(=O)CN(c1cc(OC)ccc1OC)S(=O)(=O)c1ccc(OC)c(OC)c1. The summed E-state index contributed by atoms with van der Waals surface area (Å²) in [5, 5.41) is 2.92. The van der Waals surface area contributed by atoms with Gasteiger partial charge in [-0.1, -0.05) is 32.4 Å². The summed E-state index contributed by atoms with van der Waals surface area (Å²) in [7, 11) is 2.77. The number of unbranched alkanes of at least 4 members (excludes halogenated alkanes) is 1. The minimum Gasteiger partial charge on any atom is -0.497 e. The molecular weight excluding hydrogens is 626 g/mol. The van der Waals surface area contributed by atoms with Crippen molar-refractivity contribution in [3.8, 4) is 28.7 Å². The van der Waals surface area contributed by atoms with Crippen molar-refractivity contribution >= 4 is 27.5 Å². The molecule has 3 rings (SSSR count). The number of amides is 2. The van der Waals surface area contributed by atoms with Gasteiger partial charge in [-0.2, -0.15) is 0 Å².